The third-order valence-corrected chi connectivity index (χ3v) is 5.70. The molecule has 0 atom stereocenters. The lowest BCUT2D eigenvalue weighted by molar-refractivity contribution is -0.117. The van der Waals surface area contributed by atoms with E-state index >= 15 is 0 Å². The highest BCUT2D eigenvalue weighted by Crippen LogP contribution is 2.24. The highest BCUT2D eigenvalue weighted by molar-refractivity contribution is 7.14. The fourth-order valence-electron chi connectivity index (χ4n) is 3.31. The van der Waals surface area contributed by atoms with E-state index in [4.69, 9.17) is 4.74 Å². The lowest BCUT2D eigenvalue weighted by atomic mass is 10.2. The molecule has 0 aliphatic heterocycles. The van der Waals surface area contributed by atoms with Gasteiger partial charge in [-0.15, -0.1) is 11.3 Å². The van der Waals surface area contributed by atoms with E-state index in [-0.39, 0.29) is 30.6 Å². The van der Waals surface area contributed by atoms with Crippen LogP contribution in [0.2, 0.25) is 0 Å². The number of anilines is 3. The van der Waals surface area contributed by atoms with Crippen molar-refractivity contribution >= 4 is 39.7 Å². The molecule has 0 bridgehead atoms. The number of aromatic nitrogens is 1. The Morgan fingerprint density at radius 3 is 2.38 bits per heavy atom. The zero-order chi connectivity index (χ0) is 23.8. The Labute approximate surface area is 202 Å². The molecule has 4 aromatic rings. The van der Waals surface area contributed by atoms with E-state index < -0.39 is 0 Å². The molecule has 0 radical (unpaired) electrons. The molecule has 2 N–H and O–H groups in total. The highest BCUT2D eigenvalue weighted by Gasteiger charge is 2.22. The SMILES string of the molecule is COc1cccc(Nc2nc(C(=O)N(CC(=O)Nc3ccccc3)Cc3ccccc3)cs2)c1. The quantitative estimate of drug-likeness (QED) is 0.351. The van der Waals surface area contributed by atoms with Crippen LogP contribution in [0.4, 0.5) is 16.5 Å². The molecule has 1 heterocycles. The Bertz CT molecular complexity index is 1250. The first-order valence-corrected chi connectivity index (χ1v) is 11.5. The van der Waals surface area contributed by atoms with Gasteiger partial charge in [0.05, 0.1) is 7.11 Å². The summed E-state index contributed by atoms with van der Waals surface area (Å²) >= 11 is 1.32. The third kappa shape index (κ3) is 6.20. The maximum atomic E-state index is 13.3. The molecular formula is C26H24N4O3S. The van der Waals surface area contributed by atoms with Gasteiger partial charge in [-0.1, -0.05) is 54.6 Å². The number of rotatable bonds is 9. The Kier molecular flexibility index (Phi) is 7.52. The van der Waals surface area contributed by atoms with Crippen LogP contribution in [0.15, 0.2) is 90.3 Å². The molecule has 0 unspecified atom stereocenters. The summed E-state index contributed by atoms with van der Waals surface area (Å²) in [5, 5.41) is 8.30. The standard InChI is InChI=1S/C26H24N4O3S/c1-33-22-14-8-13-21(15-22)28-26-29-23(18-34-26)25(32)30(16-19-9-4-2-5-10-19)17-24(31)27-20-11-6-3-7-12-20/h2-15,18H,16-17H2,1H3,(H,27,31)(H,28,29). The van der Waals surface area contributed by atoms with Gasteiger partial charge in [0.2, 0.25) is 5.91 Å². The fourth-order valence-corrected chi connectivity index (χ4v) is 4.02. The molecule has 0 fully saturated rings. The number of hydrogen-bond acceptors (Lipinski definition) is 6. The summed E-state index contributed by atoms with van der Waals surface area (Å²) in [6.45, 7) is 0.191. The van der Waals surface area contributed by atoms with Crippen molar-refractivity contribution in [1.82, 2.24) is 9.88 Å². The normalized spacial score (nSPS) is 10.4. The number of nitrogens with one attached hydrogen (secondary N) is 2. The molecule has 4 rings (SSSR count). The Morgan fingerprint density at radius 2 is 1.65 bits per heavy atom. The summed E-state index contributed by atoms with van der Waals surface area (Å²) < 4.78 is 5.25. The summed E-state index contributed by atoms with van der Waals surface area (Å²) in [5.74, 6) is 0.124. The van der Waals surface area contributed by atoms with Crippen LogP contribution < -0.4 is 15.4 Å². The summed E-state index contributed by atoms with van der Waals surface area (Å²) in [6.07, 6.45) is 0. The van der Waals surface area contributed by atoms with E-state index in [1.165, 1.54) is 16.2 Å². The number of carbonyl (C=O) groups is 2. The number of amides is 2. The van der Waals surface area contributed by atoms with Gasteiger partial charge >= 0.3 is 0 Å². The Hall–Kier alpha value is -4.17. The summed E-state index contributed by atoms with van der Waals surface area (Å²) in [5.41, 5.74) is 2.68. The van der Waals surface area contributed by atoms with Gasteiger partial charge in [0, 0.05) is 29.4 Å². The minimum atomic E-state index is -0.318. The van der Waals surface area contributed by atoms with Crippen LogP contribution in [0.25, 0.3) is 0 Å². The second-order valence-electron chi connectivity index (χ2n) is 7.46. The van der Waals surface area contributed by atoms with Gasteiger partial charge in [0.25, 0.3) is 5.91 Å². The smallest absolute Gasteiger partial charge is 0.274 e. The molecule has 0 saturated carbocycles. The number of ether oxygens (including phenoxy) is 1. The average Bonchev–Trinajstić information content (AvgIpc) is 3.33. The van der Waals surface area contributed by atoms with E-state index in [0.29, 0.717) is 10.8 Å². The summed E-state index contributed by atoms with van der Waals surface area (Å²) in [4.78, 5) is 32.0. The van der Waals surface area contributed by atoms with Crippen LogP contribution in [0.5, 0.6) is 5.75 Å². The topological polar surface area (TPSA) is 83.6 Å². The van der Waals surface area contributed by atoms with Gasteiger partial charge in [-0.3, -0.25) is 9.59 Å². The van der Waals surface area contributed by atoms with Gasteiger partial charge < -0.3 is 20.3 Å². The summed E-state index contributed by atoms with van der Waals surface area (Å²) in [6, 6.07) is 26.2. The van der Waals surface area contributed by atoms with Crippen molar-refractivity contribution in [2.45, 2.75) is 6.54 Å². The predicted molar refractivity (Wildman–Crippen MR) is 135 cm³/mol. The van der Waals surface area contributed by atoms with Crippen LogP contribution >= 0.6 is 11.3 Å². The van der Waals surface area contributed by atoms with Gasteiger partial charge in [0.1, 0.15) is 18.0 Å². The highest BCUT2D eigenvalue weighted by atomic mass is 32.1. The Morgan fingerprint density at radius 1 is 0.941 bits per heavy atom. The number of benzene rings is 3. The molecular weight excluding hydrogens is 448 g/mol. The van der Waals surface area contributed by atoms with Crippen molar-refractivity contribution in [1.29, 1.82) is 0 Å². The van der Waals surface area contributed by atoms with Crippen molar-refractivity contribution in [2.24, 2.45) is 0 Å². The first kappa shape index (κ1) is 23.0. The molecule has 8 heteroatoms. The van der Waals surface area contributed by atoms with Crippen molar-refractivity contribution in [3.8, 4) is 5.75 Å². The number of carbonyl (C=O) groups excluding carboxylic acids is 2. The zero-order valence-corrected chi connectivity index (χ0v) is 19.4. The predicted octanol–water partition coefficient (Wildman–Crippen LogP) is 5.18. The van der Waals surface area contributed by atoms with E-state index in [1.54, 1.807) is 24.6 Å². The van der Waals surface area contributed by atoms with Gasteiger partial charge in [-0.2, -0.15) is 0 Å². The van der Waals surface area contributed by atoms with Crippen molar-refractivity contribution in [3.05, 3.63) is 102 Å². The fraction of sp³-hybridized carbons (Fsp3) is 0.115. The molecule has 34 heavy (non-hydrogen) atoms. The Balaban J connectivity index is 1.49. The molecule has 7 nitrogen and oxygen atoms in total. The van der Waals surface area contributed by atoms with Crippen LogP contribution in [0.3, 0.4) is 0 Å². The molecule has 0 spiro atoms. The van der Waals surface area contributed by atoms with Crippen molar-refractivity contribution in [3.63, 3.8) is 0 Å². The monoisotopic (exact) mass is 472 g/mol. The van der Waals surface area contributed by atoms with E-state index in [0.717, 1.165) is 17.0 Å². The summed E-state index contributed by atoms with van der Waals surface area (Å²) in [7, 11) is 1.61. The maximum absolute atomic E-state index is 13.3. The van der Waals surface area contributed by atoms with Crippen LogP contribution in [-0.4, -0.2) is 35.4 Å². The lowest BCUT2D eigenvalue weighted by Gasteiger charge is -2.21. The van der Waals surface area contributed by atoms with Gasteiger partial charge in [-0.25, -0.2) is 4.98 Å². The van der Waals surface area contributed by atoms with Crippen molar-refractivity contribution in [2.75, 3.05) is 24.3 Å². The molecule has 0 saturated heterocycles. The minimum absolute atomic E-state index is 0.0984. The largest absolute Gasteiger partial charge is 0.497 e. The minimum Gasteiger partial charge on any atom is -0.497 e. The maximum Gasteiger partial charge on any atom is 0.274 e. The first-order valence-electron chi connectivity index (χ1n) is 10.7. The van der Waals surface area contributed by atoms with Gasteiger partial charge in [-0.05, 0) is 29.8 Å². The number of methoxy groups -OCH3 is 1. The lowest BCUT2D eigenvalue weighted by Crippen LogP contribution is -2.37. The number of hydrogen-bond donors (Lipinski definition) is 2. The van der Waals surface area contributed by atoms with Crippen molar-refractivity contribution < 1.29 is 14.3 Å². The molecule has 0 aliphatic carbocycles. The van der Waals surface area contributed by atoms with Crippen LogP contribution in [0.1, 0.15) is 16.1 Å². The zero-order valence-electron chi connectivity index (χ0n) is 18.6. The number of thiazole rings is 1. The second kappa shape index (κ2) is 11.1. The molecule has 3 aromatic carbocycles. The van der Waals surface area contributed by atoms with E-state index in [1.807, 2.05) is 72.8 Å². The number of nitrogens with zero attached hydrogens (tertiary/aromatic N) is 2. The van der Waals surface area contributed by atoms with E-state index in [2.05, 4.69) is 15.6 Å². The van der Waals surface area contributed by atoms with Gasteiger partial charge in [0.15, 0.2) is 5.13 Å². The third-order valence-electron chi connectivity index (χ3n) is 4.94. The van der Waals surface area contributed by atoms with E-state index in [9.17, 15) is 9.59 Å². The first-order chi connectivity index (χ1) is 16.6. The molecule has 0 aliphatic rings. The van der Waals surface area contributed by atoms with Crippen LogP contribution in [0, 0.1) is 0 Å². The molecule has 2 amide bonds. The average molecular weight is 473 g/mol. The molecule has 172 valence electrons. The molecule has 1 aromatic heterocycles. The number of para-hydroxylation sites is 1. The second-order valence-corrected chi connectivity index (χ2v) is 8.31. The van der Waals surface area contributed by atoms with Crippen LogP contribution in [-0.2, 0) is 11.3 Å².